The van der Waals surface area contributed by atoms with Crippen molar-refractivity contribution in [3.05, 3.63) is 35.9 Å². The Balaban J connectivity index is 1.94. The molecule has 1 fully saturated rings. The predicted octanol–water partition coefficient (Wildman–Crippen LogP) is 2.96. The molecular weight excluding hydrogens is 252 g/mol. The molecule has 1 aliphatic rings. The van der Waals surface area contributed by atoms with Crippen LogP contribution in [0.1, 0.15) is 38.8 Å². The van der Waals surface area contributed by atoms with Crippen LogP contribution >= 0.6 is 0 Å². The molecule has 1 N–H and O–H groups in total. The first-order valence-electron chi connectivity index (χ1n) is 7.22. The van der Waals surface area contributed by atoms with Crippen molar-refractivity contribution in [3.8, 4) is 0 Å². The third-order valence-electron chi connectivity index (χ3n) is 3.31. The number of carbonyl (C=O) groups excluding carboxylic acids is 1. The lowest BCUT2D eigenvalue weighted by molar-refractivity contribution is 0.0261. The summed E-state index contributed by atoms with van der Waals surface area (Å²) in [6, 6.07) is 10.7. The van der Waals surface area contributed by atoms with E-state index in [1.807, 2.05) is 39.0 Å². The molecule has 1 amide bonds. The fraction of sp³-hybridized carbons (Fsp3) is 0.562. The molecule has 1 atom stereocenters. The molecule has 1 aliphatic heterocycles. The van der Waals surface area contributed by atoms with Gasteiger partial charge in [0.2, 0.25) is 0 Å². The summed E-state index contributed by atoms with van der Waals surface area (Å²) >= 11 is 0. The Bertz CT molecular complexity index is 440. The van der Waals surface area contributed by atoms with Crippen molar-refractivity contribution in [1.82, 2.24) is 10.2 Å². The zero-order valence-electron chi connectivity index (χ0n) is 12.6. The van der Waals surface area contributed by atoms with Crippen LogP contribution in [0, 0.1) is 0 Å². The topological polar surface area (TPSA) is 41.6 Å². The van der Waals surface area contributed by atoms with E-state index in [0.717, 1.165) is 19.5 Å². The summed E-state index contributed by atoms with van der Waals surface area (Å²) in [5.41, 5.74) is 0.842. The maximum atomic E-state index is 12.1. The second-order valence-corrected chi connectivity index (χ2v) is 6.17. The highest BCUT2D eigenvalue weighted by Gasteiger charge is 2.25. The molecule has 20 heavy (non-hydrogen) atoms. The van der Waals surface area contributed by atoms with Gasteiger partial charge in [-0.1, -0.05) is 30.3 Å². The summed E-state index contributed by atoms with van der Waals surface area (Å²) in [5, 5.41) is 3.50. The normalized spacial score (nSPS) is 20.4. The number of hydrogen-bond acceptors (Lipinski definition) is 3. The van der Waals surface area contributed by atoms with E-state index in [1.165, 1.54) is 5.56 Å². The van der Waals surface area contributed by atoms with Crippen LogP contribution in [-0.4, -0.2) is 36.2 Å². The predicted molar refractivity (Wildman–Crippen MR) is 79.6 cm³/mol. The lowest BCUT2D eigenvalue weighted by atomic mass is 10.0. The molecule has 0 aromatic heterocycles. The van der Waals surface area contributed by atoms with Crippen molar-refractivity contribution in [3.63, 3.8) is 0 Å². The van der Waals surface area contributed by atoms with E-state index >= 15 is 0 Å². The van der Waals surface area contributed by atoms with Crippen LogP contribution in [0.2, 0.25) is 0 Å². The van der Waals surface area contributed by atoms with E-state index < -0.39 is 5.60 Å². The second-order valence-electron chi connectivity index (χ2n) is 6.17. The van der Waals surface area contributed by atoms with Crippen LogP contribution in [0.5, 0.6) is 0 Å². The monoisotopic (exact) mass is 276 g/mol. The quantitative estimate of drug-likeness (QED) is 0.857. The van der Waals surface area contributed by atoms with E-state index in [-0.39, 0.29) is 6.09 Å². The van der Waals surface area contributed by atoms with Gasteiger partial charge < -0.3 is 15.0 Å². The largest absolute Gasteiger partial charge is 0.444 e. The van der Waals surface area contributed by atoms with Gasteiger partial charge in [-0.15, -0.1) is 0 Å². The fourth-order valence-corrected chi connectivity index (χ4v) is 2.35. The Hall–Kier alpha value is -1.55. The highest BCUT2D eigenvalue weighted by Crippen LogP contribution is 2.20. The molecule has 2 rings (SSSR count). The molecule has 0 bridgehead atoms. The van der Waals surface area contributed by atoms with Gasteiger partial charge in [0, 0.05) is 25.7 Å². The maximum absolute atomic E-state index is 12.1. The lowest BCUT2D eigenvalue weighted by Gasteiger charge is -2.26. The Morgan fingerprint density at radius 1 is 1.25 bits per heavy atom. The van der Waals surface area contributed by atoms with Crippen molar-refractivity contribution in [2.24, 2.45) is 0 Å². The van der Waals surface area contributed by atoms with Gasteiger partial charge in [0.05, 0.1) is 0 Å². The molecule has 1 saturated heterocycles. The smallest absolute Gasteiger partial charge is 0.410 e. The molecule has 0 saturated carbocycles. The molecule has 110 valence electrons. The van der Waals surface area contributed by atoms with Gasteiger partial charge in [0.1, 0.15) is 5.60 Å². The van der Waals surface area contributed by atoms with Gasteiger partial charge in [-0.25, -0.2) is 4.79 Å². The lowest BCUT2D eigenvalue weighted by Crippen LogP contribution is -2.38. The zero-order valence-corrected chi connectivity index (χ0v) is 12.6. The zero-order chi connectivity index (χ0) is 14.6. The Kier molecular flexibility index (Phi) is 4.65. The highest BCUT2D eigenvalue weighted by molar-refractivity contribution is 5.68. The van der Waals surface area contributed by atoms with Crippen LogP contribution in [0.15, 0.2) is 30.3 Å². The summed E-state index contributed by atoms with van der Waals surface area (Å²) < 4.78 is 5.43. The molecule has 1 unspecified atom stereocenters. The van der Waals surface area contributed by atoms with Crippen LogP contribution in [0.4, 0.5) is 4.79 Å². The molecule has 0 spiro atoms. The van der Waals surface area contributed by atoms with E-state index in [4.69, 9.17) is 4.74 Å². The number of hydrogen-bond donors (Lipinski definition) is 1. The van der Waals surface area contributed by atoms with Crippen LogP contribution < -0.4 is 5.32 Å². The first-order valence-corrected chi connectivity index (χ1v) is 7.22. The van der Waals surface area contributed by atoms with Crippen molar-refractivity contribution in [2.45, 2.75) is 38.8 Å². The summed E-state index contributed by atoms with van der Waals surface area (Å²) in [6.45, 7) is 7.90. The minimum Gasteiger partial charge on any atom is -0.444 e. The van der Waals surface area contributed by atoms with Gasteiger partial charge in [0.15, 0.2) is 0 Å². The van der Waals surface area contributed by atoms with Gasteiger partial charge in [-0.05, 0) is 32.8 Å². The summed E-state index contributed by atoms with van der Waals surface area (Å²) in [6.07, 6.45) is 0.691. The third-order valence-corrected chi connectivity index (χ3v) is 3.31. The van der Waals surface area contributed by atoms with Crippen molar-refractivity contribution in [2.75, 3.05) is 19.6 Å². The Morgan fingerprint density at radius 3 is 2.60 bits per heavy atom. The van der Waals surface area contributed by atoms with Crippen molar-refractivity contribution < 1.29 is 9.53 Å². The van der Waals surface area contributed by atoms with E-state index in [1.54, 1.807) is 4.90 Å². The number of rotatable bonds is 1. The number of amides is 1. The Morgan fingerprint density at radius 2 is 1.95 bits per heavy atom. The van der Waals surface area contributed by atoms with E-state index in [2.05, 4.69) is 17.4 Å². The minimum absolute atomic E-state index is 0.215. The molecular formula is C16H24N2O2. The van der Waals surface area contributed by atoms with Crippen molar-refractivity contribution in [1.29, 1.82) is 0 Å². The van der Waals surface area contributed by atoms with Gasteiger partial charge in [-0.2, -0.15) is 0 Å². The third kappa shape index (κ3) is 4.23. The van der Waals surface area contributed by atoms with Gasteiger partial charge in [-0.3, -0.25) is 0 Å². The number of carbonyl (C=O) groups is 1. The summed E-state index contributed by atoms with van der Waals surface area (Å²) in [7, 11) is 0. The molecule has 0 aliphatic carbocycles. The number of nitrogens with one attached hydrogen (secondary N) is 1. The second kappa shape index (κ2) is 6.27. The van der Waals surface area contributed by atoms with Crippen LogP contribution in [0.25, 0.3) is 0 Å². The molecule has 4 heteroatoms. The maximum Gasteiger partial charge on any atom is 0.410 e. The molecule has 0 radical (unpaired) electrons. The number of nitrogens with zero attached hydrogens (tertiary/aromatic N) is 1. The highest BCUT2D eigenvalue weighted by atomic mass is 16.6. The summed E-state index contributed by atoms with van der Waals surface area (Å²) in [5.74, 6) is 0. The number of ether oxygens (including phenoxy) is 1. The first-order chi connectivity index (χ1) is 9.46. The van der Waals surface area contributed by atoms with Gasteiger partial charge >= 0.3 is 6.09 Å². The van der Waals surface area contributed by atoms with Crippen molar-refractivity contribution >= 4 is 6.09 Å². The minimum atomic E-state index is -0.435. The van der Waals surface area contributed by atoms with E-state index in [9.17, 15) is 4.79 Å². The first kappa shape index (κ1) is 14.9. The Labute approximate surface area is 121 Å². The van der Waals surface area contributed by atoms with Crippen LogP contribution in [-0.2, 0) is 4.74 Å². The molecule has 1 heterocycles. The average molecular weight is 276 g/mol. The summed E-state index contributed by atoms with van der Waals surface area (Å²) in [4.78, 5) is 13.9. The standard InChI is InChI=1S/C16H24N2O2/c1-16(2,3)20-15(19)18-11-9-14(17-10-12-18)13-7-5-4-6-8-13/h4-8,14,17H,9-12H2,1-3H3. The fourth-order valence-electron chi connectivity index (χ4n) is 2.35. The van der Waals surface area contributed by atoms with Crippen LogP contribution in [0.3, 0.4) is 0 Å². The average Bonchev–Trinajstić information content (AvgIpc) is 2.63. The molecule has 1 aromatic carbocycles. The van der Waals surface area contributed by atoms with Gasteiger partial charge in [0.25, 0.3) is 0 Å². The SMILES string of the molecule is CC(C)(C)OC(=O)N1CCNC(c2ccccc2)CC1. The number of benzene rings is 1. The molecule has 1 aromatic rings. The molecule has 4 nitrogen and oxygen atoms in total. The van der Waals surface area contributed by atoms with E-state index in [0.29, 0.717) is 12.6 Å².